The molecule has 0 aliphatic rings. The number of rotatable bonds is 6. The molecule has 2 aromatic carbocycles. The van der Waals surface area contributed by atoms with E-state index in [1.165, 1.54) is 41.1 Å². The molecule has 1 heterocycles. The summed E-state index contributed by atoms with van der Waals surface area (Å²) in [5.41, 5.74) is 0.829. The number of carbonyl (C=O) groups is 1. The highest BCUT2D eigenvalue weighted by molar-refractivity contribution is 6.03. The van der Waals surface area contributed by atoms with Crippen molar-refractivity contribution < 1.29 is 27.1 Å². The molecule has 1 aromatic heterocycles. The normalized spacial score (nSPS) is 11.3. The van der Waals surface area contributed by atoms with Crippen molar-refractivity contribution in [1.82, 2.24) is 9.78 Å². The molecule has 0 saturated heterocycles. The van der Waals surface area contributed by atoms with E-state index in [0.29, 0.717) is 12.1 Å². The summed E-state index contributed by atoms with van der Waals surface area (Å²) in [5, 5.41) is 6.73. The van der Waals surface area contributed by atoms with Crippen molar-refractivity contribution in [3.8, 4) is 5.75 Å². The summed E-state index contributed by atoms with van der Waals surface area (Å²) < 4.78 is 56.1. The van der Waals surface area contributed by atoms with Gasteiger partial charge in [-0.05, 0) is 35.9 Å². The molecular weight excluding hydrogens is 378 g/mol. The molecule has 146 valence electrons. The van der Waals surface area contributed by atoms with E-state index in [1.54, 1.807) is 24.4 Å². The van der Waals surface area contributed by atoms with E-state index in [0.717, 1.165) is 0 Å². The summed E-state index contributed by atoms with van der Waals surface area (Å²) in [5.74, 6) is -0.719. The third-order valence-corrected chi connectivity index (χ3v) is 3.61. The highest BCUT2D eigenvalue weighted by Crippen LogP contribution is 2.20. The zero-order chi connectivity index (χ0) is 20.1. The van der Waals surface area contributed by atoms with E-state index in [4.69, 9.17) is 0 Å². The summed E-state index contributed by atoms with van der Waals surface area (Å²) >= 11 is 0. The number of nitrogens with one attached hydrogen (secondary N) is 1. The molecule has 1 amide bonds. The molecule has 0 spiro atoms. The molecule has 0 fully saturated rings. The molecule has 0 radical (unpaired) electrons. The number of hydrogen-bond acceptors (Lipinski definition) is 3. The van der Waals surface area contributed by atoms with E-state index < -0.39 is 18.7 Å². The number of ether oxygens (including phenoxy) is 1. The van der Waals surface area contributed by atoms with Gasteiger partial charge in [0.15, 0.2) is 12.4 Å². The first-order chi connectivity index (χ1) is 13.3. The van der Waals surface area contributed by atoms with Gasteiger partial charge in [-0.15, -0.1) is 0 Å². The van der Waals surface area contributed by atoms with Gasteiger partial charge < -0.3 is 10.1 Å². The van der Waals surface area contributed by atoms with Gasteiger partial charge >= 0.3 is 6.18 Å². The number of halogens is 4. The number of carbonyl (C=O) groups excluding carboxylic acids is 1. The van der Waals surface area contributed by atoms with Crippen LogP contribution in [0.4, 0.5) is 23.4 Å². The van der Waals surface area contributed by atoms with Crippen LogP contribution in [0.25, 0.3) is 0 Å². The van der Waals surface area contributed by atoms with Crippen LogP contribution in [0, 0.1) is 5.82 Å². The minimum absolute atomic E-state index is 0.0680. The minimum Gasteiger partial charge on any atom is -0.484 e. The monoisotopic (exact) mass is 393 g/mol. The quantitative estimate of drug-likeness (QED) is 0.637. The molecule has 0 atom stereocenters. The third-order valence-electron chi connectivity index (χ3n) is 3.61. The largest absolute Gasteiger partial charge is 0.484 e. The Morgan fingerprint density at radius 3 is 2.64 bits per heavy atom. The second kappa shape index (κ2) is 8.12. The number of anilines is 1. The number of alkyl halides is 3. The zero-order valence-corrected chi connectivity index (χ0v) is 14.4. The van der Waals surface area contributed by atoms with Gasteiger partial charge in [-0.25, -0.2) is 4.39 Å². The van der Waals surface area contributed by atoms with Crippen LogP contribution < -0.4 is 10.1 Å². The van der Waals surface area contributed by atoms with E-state index in [1.807, 2.05) is 0 Å². The Bertz CT molecular complexity index is 970. The van der Waals surface area contributed by atoms with E-state index in [9.17, 15) is 22.4 Å². The number of benzene rings is 2. The molecule has 0 bridgehead atoms. The van der Waals surface area contributed by atoms with E-state index >= 15 is 0 Å². The van der Waals surface area contributed by atoms with Crippen molar-refractivity contribution in [2.24, 2.45) is 0 Å². The van der Waals surface area contributed by atoms with E-state index in [-0.39, 0.29) is 22.9 Å². The van der Waals surface area contributed by atoms with Gasteiger partial charge in [-0.3, -0.25) is 9.48 Å². The first-order valence-corrected chi connectivity index (χ1v) is 8.17. The van der Waals surface area contributed by atoms with Crippen molar-refractivity contribution in [2.45, 2.75) is 12.7 Å². The Morgan fingerprint density at radius 2 is 1.89 bits per heavy atom. The number of amides is 1. The Labute approximate surface area is 157 Å². The summed E-state index contributed by atoms with van der Waals surface area (Å²) in [6.07, 6.45) is -2.85. The maximum absolute atomic E-state index is 13.2. The van der Waals surface area contributed by atoms with Gasteiger partial charge in [0.2, 0.25) is 0 Å². The van der Waals surface area contributed by atoms with Crippen molar-refractivity contribution in [3.63, 3.8) is 0 Å². The van der Waals surface area contributed by atoms with Crippen molar-refractivity contribution in [3.05, 3.63) is 77.7 Å². The fourth-order valence-electron chi connectivity index (χ4n) is 2.42. The molecule has 3 aromatic rings. The molecule has 5 nitrogen and oxygen atoms in total. The van der Waals surface area contributed by atoms with Gasteiger partial charge in [-0.1, -0.05) is 18.2 Å². The average molecular weight is 393 g/mol. The van der Waals surface area contributed by atoms with Crippen LogP contribution in [0.3, 0.4) is 0 Å². The molecular formula is C19H15F4N3O2. The maximum Gasteiger partial charge on any atom is 0.422 e. The Hall–Kier alpha value is -3.36. The summed E-state index contributed by atoms with van der Waals surface area (Å²) in [6.45, 7) is -1.13. The van der Waals surface area contributed by atoms with Crippen molar-refractivity contribution in [2.75, 3.05) is 11.9 Å². The summed E-state index contributed by atoms with van der Waals surface area (Å²) in [7, 11) is 0. The topological polar surface area (TPSA) is 56.2 Å². The summed E-state index contributed by atoms with van der Waals surface area (Å²) in [4.78, 5) is 12.3. The Kier molecular flexibility index (Phi) is 5.62. The molecule has 28 heavy (non-hydrogen) atoms. The van der Waals surface area contributed by atoms with Crippen LogP contribution in [-0.4, -0.2) is 28.5 Å². The predicted molar refractivity (Wildman–Crippen MR) is 93.7 cm³/mol. The van der Waals surface area contributed by atoms with Gasteiger partial charge in [0, 0.05) is 17.8 Å². The maximum atomic E-state index is 13.2. The highest BCUT2D eigenvalue weighted by atomic mass is 19.4. The lowest BCUT2D eigenvalue weighted by molar-refractivity contribution is -0.153. The van der Waals surface area contributed by atoms with Crippen LogP contribution in [0.5, 0.6) is 5.75 Å². The van der Waals surface area contributed by atoms with Gasteiger partial charge in [0.05, 0.1) is 6.54 Å². The number of hydrogen-bond donors (Lipinski definition) is 1. The van der Waals surface area contributed by atoms with Gasteiger partial charge in [0.1, 0.15) is 11.6 Å². The molecule has 3 rings (SSSR count). The molecule has 0 saturated carbocycles. The van der Waals surface area contributed by atoms with Crippen LogP contribution in [0.2, 0.25) is 0 Å². The van der Waals surface area contributed by atoms with Gasteiger partial charge in [-0.2, -0.15) is 18.3 Å². The lowest BCUT2D eigenvalue weighted by Crippen LogP contribution is -2.19. The smallest absolute Gasteiger partial charge is 0.422 e. The molecule has 0 aliphatic heterocycles. The molecule has 9 heteroatoms. The minimum atomic E-state index is -4.47. The summed E-state index contributed by atoms with van der Waals surface area (Å²) in [6, 6.07) is 13.0. The number of aromatic nitrogens is 2. The Balaban J connectivity index is 1.63. The standard InChI is InChI=1S/C19H15F4N3O2/c20-15-5-1-3-13(9-15)11-26-8-7-17(25-26)24-18(27)14-4-2-6-16(10-14)28-12-19(21,22)23/h1-10H,11-12H2,(H,24,25,27). The fraction of sp³-hybridized carbons (Fsp3) is 0.158. The van der Waals surface area contributed by atoms with Crippen molar-refractivity contribution >= 4 is 11.7 Å². The predicted octanol–water partition coefficient (Wildman–Crippen LogP) is 4.26. The van der Waals surface area contributed by atoms with E-state index in [2.05, 4.69) is 15.2 Å². The number of nitrogens with zero attached hydrogens (tertiary/aromatic N) is 2. The highest BCUT2D eigenvalue weighted by Gasteiger charge is 2.28. The average Bonchev–Trinajstić information content (AvgIpc) is 3.06. The Morgan fingerprint density at radius 1 is 1.11 bits per heavy atom. The lowest BCUT2D eigenvalue weighted by Gasteiger charge is -2.10. The van der Waals surface area contributed by atoms with Crippen LogP contribution in [0.15, 0.2) is 60.8 Å². The molecule has 1 N–H and O–H groups in total. The van der Waals surface area contributed by atoms with Gasteiger partial charge in [0.25, 0.3) is 5.91 Å². The first kappa shape index (κ1) is 19.4. The zero-order valence-electron chi connectivity index (χ0n) is 14.4. The van der Waals surface area contributed by atoms with Crippen LogP contribution in [-0.2, 0) is 6.54 Å². The lowest BCUT2D eigenvalue weighted by atomic mass is 10.2. The van der Waals surface area contributed by atoms with Crippen molar-refractivity contribution in [1.29, 1.82) is 0 Å². The second-order valence-electron chi connectivity index (χ2n) is 5.91. The van der Waals surface area contributed by atoms with Crippen LogP contribution in [0.1, 0.15) is 15.9 Å². The SMILES string of the molecule is O=C(Nc1ccn(Cc2cccc(F)c2)n1)c1cccc(OCC(F)(F)F)c1. The fourth-order valence-corrected chi connectivity index (χ4v) is 2.42. The third kappa shape index (κ3) is 5.57. The molecule has 0 unspecified atom stereocenters. The second-order valence-corrected chi connectivity index (χ2v) is 5.91. The molecule has 0 aliphatic carbocycles. The first-order valence-electron chi connectivity index (χ1n) is 8.17. The van der Waals surface area contributed by atoms with Crippen LogP contribution >= 0.6 is 0 Å².